The molecule has 1 aromatic carbocycles. The summed E-state index contributed by atoms with van der Waals surface area (Å²) in [6.45, 7) is 10.6. The Morgan fingerprint density at radius 3 is 2.40 bits per heavy atom. The summed E-state index contributed by atoms with van der Waals surface area (Å²) in [7, 11) is 0. The molecule has 0 unspecified atom stereocenters. The van der Waals surface area contributed by atoms with Gasteiger partial charge in [0.05, 0.1) is 0 Å². The molecule has 0 atom stereocenters. The van der Waals surface area contributed by atoms with E-state index in [1.54, 1.807) is 11.8 Å². The summed E-state index contributed by atoms with van der Waals surface area (Å²) in [4.78, 5) is 27.8. The Morgan fingerprint density at radius 1 is 1.20 bits per heavy atom. The fourth-order valence-corrected chi connectivity index (χ4v) is 2.92. The van der Waals surface area contributed by atoms with E-state index in [0.717, 1.165) is 42.9 Å². The number of amides is 3. The van der Waals surface area contributed by atoms with Crippen molar-refractivity contribution in [2.45, 2.75) is 46.6 Å². The molecule has 2 N–H and O–H groups in total. The monoisotopic (exact) mass is 346 g/mol. The van der Waals surface area contributed by atoms with Gasteiger partial charge in [-0.3, -0.25) is 4.79 Å². The molecule has 1 fully saturated rings. The van der Waals surface area contributed by atoms with Crippen molar-refractivity contribution < 1.29 is 9.59 Å². The van der Waals surface area contributed by atoms with Crippen LogP contribution in [-0.2, 0) is 4.79 Å². The van der Waals surface area contributed by atoms with Crippen LogP contribution in [-0.4, -0.2) is 44.2 Å². The van der Waals surface area contributed by atoms with E-state index in [1.165, 1.54) is 0 Å². The maximum absolute atomic E-state index is 12.1. The first kappa shape index (κ1) is 19.1. The second-order valence-corrected chi connectivity index (χ2v) is 6.49. The summed E-state index contributed by atoms with van der Waals surface area (Å²) >= 11 is 0. The number of carbonyl (C=O) groups excluding carboxylic acids is 2. The minimum absolute atomic E-state index is 0.0249. The Bertz CT molecular complexity index is 609. The molecular formula is C19H30N4O2. The molecule has 1 aliphatic carbocycles. The van der Waals surface area contributed by atoms with Crippen LogP contribution in [0.25, 0.3) is 0 Å². The number of aryl methyl sites for hydroxylation is 1. The minimum atomic E-state index is -0.153. The van der Waals surface area contributed by atoms with Crippen LogP contribution >= 0.6 is 0 Å². The van der Waals surface area contributed by atoms with Crippen LogP contribution in [0.3, 0.4) is 0 Å². The molecule has 0 radical (unpaired) electrons. The van der Waals surface area contributed by atoms with Crippen molar-refractivity contribution in [3.8, 4) is 0 Å². The maximum Gasteiger partial charge on any atom is 0.315 e. The van der Waals surface area contributed by atoms with Crippen LogP contribution < -0.4 is 20.4 Å². The molecule has 0 aromatic heterocycles. The van der Waals surface area contributed by atoms with E-state index < -0.39 is 0 Å². The second kappa shape index (κ2) is 8.74. The highest BCUT2D eigenvalue weighted by Crippen LogP contribution is 2.26. The van der Waals surface area contributed by atoms with Gasteiger partial charge in [0.15, 0.2) is 0 Å². The van der Waals surface area contributed by atoms with Crippen molar-refractivity contribution in [1.29, 1.82) is 0 Å². The number of carbonyl (C=O) groups is 2. The van der Waals surface area contributed by atoms with E-state index in [2.05, 4.69) is 41.5 Å². The van der Waals surface area contributed by atoms with Crippen molar-refractivity contribution in [3.05, 3.63) is 23.8 Å². The van der Waals surface area contributed by atoms with Gasteiger partial charge >= 0.3 is 6.03 Å². The van der Waals surface area contributed by atoms with Gasteiger partial charge in [-0.05, 0) is 57.4 Å². The van der Waals surface area contributed by atoms with Crippen molar-refractivity contribution in [2.75, 3.05) is 36.0 Å². The summed E-state index contributed by atoms with van der Waals surface area (Å²) in [6.07, 6.45) is 2.12. The number of hydrogen-bond donors (Lipinski definition) is 2. The van der Waals surface area contributed by atoms with Gasteiger partial charge in [0.1, 0.15) is 0 Å². The van der Waals surface area contributed by atoms with E-state index in [0.29, 0.717) is 19.1 Å². The zero-order chi connectivity index (χ0) is 18.4. The van der Waals surface area contributed by atoms with Gasteiger partial charge in [-0.25, -0.2) is 4.79 Å². The molecule has 1 aromatic rings. The molecule has 0 saturated heterocycles. The van der Waals surface area contributed by atoms with Crippen LogP contribution in [0.5, 0.6) is 0 Å². The number of nitrogens with zero attached hydrogens (tertiary/aromatic N) is 2. The number of nitrogens with one attached hydrogen (secondary N) is 2. The smallest absolute Gasteiger partial charge is 0.315 e. The van der Waals surface area contributed by atoms with Gasteiger partial charge in [-0.15, -0.1) is 0 Å². The second-order valence-electron chi connectivity index (χ2n) is 6.49. The zero-order valence-electron chi connectivity index (χ0n) is 15.8. The minimum Gasteiger partial charge on any atom is -0.372 e. The molecule has 25 heavy (non-hydrogen) atoms. The molecule has 0 bridgehead atoms. The van der Waals surface area contributed by atoms with Crippen molar-refractivity contribution in [2.24, 2.45) is 0 Å². The fourth-order valence-electron chi connectivity index (χ4n) is 2.92. The number of urea groups is 1. The molecule has 3 amide bonds. The van der Waals surface area contributed by atoms with Gasteiger partial charge < -0.3 is 20.4 Å². The summed E-state index contributed by atoms with van der Waals surface area (Å²) < 4.78 is 0. The van der Waals surface area contributed by atoms with E-state index in [4.69, 9.17) is 0 Å². The third kappa shape index (κ3) is 5.37. The predicted molar refractivity (Wildman–Crippen MR) is 102 cm³/mol. The number of anilines is 2. The Labute approximate surface area is 150 Å². The van der Waals surface area contributed by atoms with Gasteiger partial charge in [0.25, 0.3) is 0 Å². The zero-order valence-corrected chi connectivity index (χ0v) is 15.8. The average molecular weight is 346 g/mol. The van der Waals surface area contributed by atoms with Crippen LogP contribution in [0, 0.1) is 6.92 Å². The first-order valence-electron chi connectivity index (χ1n) is 9.14. The van der Waals surface area contributed by atoms with Gasteiger partial charge in [0, 0.05) is 50.5 Å². The Hall–Kier alpha value is -2.24. The first-order valence-corrected chi connectivity index (χ1v) is 9.14. The molecule has 0 spiro atoms. The van der Waals surface area contributed by atoms with Crippen molar-refractivity contribution >= 4 is 23.3 Å². The molecule has 6 nitrogen and oxygen atoms in total. The molecule has 138 valence electrons. The van der Waals surface area contributed by atoms with Crippen molar-refractivity contribution in [3.63, 3.8) is 0 Å². The summed E-state index contributed by atoms with van der Waals surface area (Å²) in [5.41, 5.74) is 3.12. The van der Waals surface area contributed by atoms with Crippen LogP contribution in [0.1, 0.15) is 39.2 Å². The van der Waals surface area contributed by atoms with E-state index >= 15 is 0 Å². The first-order chi connectivity index (χ1) is 12.0. The molecule has 0 aliphatic heterocycles. The lowest BCUT2D eigenvalue weighted by Crippen LogP contribution is -2.42. The van der Waals surface area contributed by atoms with Gasteiger partial charge in [-0.1, -0.05) is 0 Å². The number of hydrogen-bond acceptors (Lipinski definition) is 3. The SMILES string of the molecule is CCN(CC)c1ccc(N(CCNC(=O)NC2CC2)C(C)=O)c(C)c1. The highest BCUT2D eigenvalue weighted by molar-refractivity contribution is 5.92. The van der Waals surface area contributed by atoms with Crippen LogP contribution in [0.4, 0.5) is 16.2 Å². The van der Waals surface area contributed by atoms with E-state index in [1.807, 2.05) is 13.0 Å². The largest absolute Gasteiger partial charge is 0.372 e. The third-order valence-corrected chi connectivity index (χ3v) is 4.51. The highest BCUT2D eigenvalue weighted by atomic mass is 16.2. The van der Waals surface area contributed by atoms with Gasteiger partial charge in [0.2, 0.25) is 5.91 Å². The van der Waals surface area contributed by atoms with Gasteiger partial charge in [-0.2, -0.15) is 0 Å². The lowest BCUT2D eigenvalue weighted by molar-refractivity contribution is -0.116. The predicted octanol–water partition coefficient (Wildman–Crippen LogP) is 2.66. The highest BCUT2D eigenvalue weighted by Gasteiger charge is 2.23. The molecule has 6 heteroatoms. The summed E-state index contributed by atoms with van der Waals surface area (Å²) in [5.74, 6) is -0.0249. The molecular weight excluding hydrogens is 316 g/mol. The quantitative estimate of drug-likeness (QED) is 0.760. The Morgan fingerprint density at radius 2 is 1.88 bits per heavy atom. The average Bonchev–Trinajstić information content (AvgIpc) is 3.37. The maximum atomic E-state index is 12.1. The van der Waals surface area contributed by atoms with Crippen LogP contribution in [0.15, 0.2) is 18.2 Å². The standard InChI is InChI=1S/C19H30N4O2/c1-5-22(6-2)17-9-10-18(14(3)13-17)23(15(4)24)12-11-20-19(25)21-16-7-8-16/h9-10,13,16H,5-8,11-12H2,1-4H3,(H2,20,21,25). The molecule has 1 aliphatic rings. The number of benzene rings is 1. The van der Waals surface area contributed by atoms with Crippen molar-refractivity contribution in [1.82, 2.24) is 10.6 Å². The van der Waals surface area contributed by atoms with E-state index in [-0.39, 0.29) is 11.9 Å². The Balaban J connectivity index is 2.00. The lowest BCUT2D eigenvalue weighted by atomic mass is 10.1. The number of rotatable bonds is 8. The normalized spacial score (nSPS) is 13.3. The topological polar surface area (TPSA) is 64.7 Å². The Kier molecular flexibility index (Phi) is 6.67. The third-order valence-electron chi connectivity index (χ3n) is 4.51. The molecule has 0 heterocycles. The fraction of sp³-hybridized carbons (Fsp3) is 0.579. The molecule has 2 rings (SSSR count). The summed E-state index contributed by atoms with van der Waals surface area (Å²) in [5, 5.41) is 5.71. The summed E-state index contributed by atoms with van der Waals surface area (Å²) in [6, 6.07) is 6.34. The van der Waals surface area contributed by atoms with Crippen LogP contribution in [0.2, 0.25) is 0 Å². The lowest BCUT2D eigenvalue weighted by Gasteiger charge is -2.26. The van der Waals surface area contributed by atoms with E-state index in [9.17, 15) is 9.59 Å². The molecule has 1 saturated carbocycles.